The van der Waals surface area contributed by atoms with E-state index in [4.69, 9.17) is 17.3 Å². The Hall–Kier alpha value is -2.60. The minimum Gasteiger partial charge on any atom is -0.370 e. The number of hydrogen-bond acceptors (Lipinski definition) is 3. The molecular formula is C20H23ClN4O2. The van der Waals surface area contributed by atoms with Crippen molar-refractivity contribution >= 4 is 29.0 Å². The average Bonchev–Trinajstić information content (AvgIpc) is 3.11. The molecule has 27 heavy (non-hydrogen) atoms. The lowest BCUT2D eigenvalue weighted by molar-refractivity contribution is -0.118. The van der Waals surface area contributed by atoms with Gasteiger partial charge >= 0.3 is 0 Å². The normalized spacial score (nSPS) is 15.5. The van der Waals surface area contributed by atoms with E-state index in [1.807, 2.05) is 6.07 Å². The van der Waals surface area contributed by atoms with Crippen LogP contribution in [0.1, 0.15) is 66.7 Å². The highest BCUT2D eigenvalue weighted by molar-refractivity contribution is 6.30. The molecular weight excluding hydrogens is 364 g/mol. The first-order valence-corrected chi connectivity index (χ1v) is 9.40. The molecule has 1 atom stereocenters. The second-order valence-electron chi connectivity index (χ2n) is 6.88. The van der Waals surface area contributed by atoms with Crippen molar-refractivity contribution in [3.63, 3.8) is 0 Å². The van der Waals surface area contributed by atoms with Crippen LogP contribution in [0.25, 0.3) is 5.57 Å². The van der Waals surface area contributed by atoms with Gasteiger partial charge in [0.2, 0.25) is 5.91 Å². The lowest BCUT2D eigenvalue weighted by Crippen LogP contribution is -2.32. The summed E-state index contributed by atoms with van der Waals surface area (Å²) in [7, 11) is 0. The van der Waals surface area contributed by atoms with Gasteiger partial charge in [-0.05, 0) is 55.9 Å². The predicted octanol–water partition coefficient (Wildman–Crippen LogP) is 3.76. The van der Waals surface area contributed by atoms with Gasteiger partial charge in [0.15, 0.2) is 0 Å². The number of nitrogens with zero attached hydrogens (tertiary/aromatic N) is 1. The maximum Gasteiger partial charge on any atom is 0.255 e. The fourth-order valence-corrected chi connectivity index (χ4v) is 3.69. The Morgan fingerprint density at radius 2 is 2.11 bits per heavy atom. The molecule has 1 aliphatic carbocycles. The van der Waals surface area contributed by atoms with Gasteiger partial charge in [-0.25, -0.2) is 0 Å². The van der Waals surface area contributed by atoms with Crippen molar-refractivity contribution in [2.24, 2.45) is 5.73 Å². The average molecular weight is 387 g/mol. The van der Waals surface area contributed by atoms with Crippen LogP contribution in [0.2, 0.25) is 5.02 Å². The molecule has 6 nitrogen and oxygen atoms in total. The van der Waals surface area contributed by atoms with E-state index in [9.17, 15) is 9.59 Å². The first kappa shape index (κ1) is 19.2. The van der Waals surface area contributed by atoms with E-state index in [1.165, 1.54) is 18.2 Å². The molecule has 0 saturated carbocycles. The van der Waals surface area contributed by atoms with Crippen molar-refractivity contribution in [1.82, 2.24) is 15.5 Å². The topological polar surface area (TPSA) is 101 Å². The van der Waals surface area contributed by atoms with Crippen molar-refractivity contribution in [1.29, 1.82) is 0 Å². The van der Waals surface area contributed by atoms with Crippen LogP contribution in [-0.4, -0.2) is 22.0 Å². The number of hydrogen-bond donors (Lipinski definition) is 3. The number of benzene rings is 1. The summed E-state index contributed by atoms with van der Waals surface area (Å²) < 4.78 is 0. The van der Waals surface area contributed by atoms with Crippen LogP contribution in [0.3, 0.4) is 0 Å². The van der Waals surface area contributed by atoms with Crippen molar-refractivity contribution in [3.8, 4) is 0 Å². The maximum absolute atomic E-state index is 12.9. The SMILES string of the molecule is CC1=C(c2[nH]ncc2C(=O)N[C@@H](CC(N)=O)c2cccc(Cl)c2)CCCC1. The molecule has 7 heteroatoms. The molecule has 0 spiro atoms. The molecule has 1 heterocycles. The molecule has 0 fully saturated rings. The summed E-state index contributed by atoms with van der Waals surface area (Å²) in [6.45, 7) is 2.10. The fourth-order valence-electron chi connectivity index (χ4n) is 3.50. The smallest absolute Gasteiger partial charge is 0.255 e. The molecule has 0 bridgehead atoms. The number of nitrogens with one attached hydrogen (secondary N) is 2. The van der Waals surface area contributed by atoms with Gasteiger partial charge in [0.25, 0.3) is 5.91 Å². The Bertz CT molecular complexity index is 888. The first-order chi connectivity index (χ1) is 13.0. The highest BCUT2D eigenvalue weighted by Crippen LogP contribution is 2.32. The highest BCUT2D eigenvalue weighted by atomic mass is 35.5. The molecule has 1 aromatic carbocycles. The van der Waals surface area contributed by atoms with Gasteiger partial charge in [0, 0.05) is 5.02 Å². The summed E-state index contributed by atoms with van der Waals surface area (Å²) in [5.41, 5.74) is 9.77. The summed E-state index contributed by atoms with van der Waals surface area (Å²) in [5, 5.41) is 10.5. The number of nitrogens with two attached hydrogens (primary N) is 1. The molecule has 3 rings (SSSR count). The third-order valence-corrected chi connectivity index (χ3v) is 5.13. The van der Waals surface area contributed by atoms with Crippen molar-refractivity contribution in [3.05, 3.63) is 57.9 Å². The van der Waals surface area contributed by atoms with E-state index in [-0.39, 0.29) is 12.3 Å². The molecule has 1 aliphatic rings. The Labute approximate surface area is 163 Å². The number of carbonyl (C=O) groups excluding carboxylic acids is 2. The van der Waals surface area contributed by atoms with Crippen LogP contribution >= 0.6 is 11.6 Å². The zero-order valence-corrected chi connectivity index (χ0v) is 16.0. The number of amides is 2. The summed E-state index contributed by atoms with van der Waals surface area (Å²) in [6.07, 6.45) is 5.73. The van der Waals surface area contributed by atoms with Gasteiger partial charge in [-0.15, -0.1) is 0 Å². The van der Waals surface area contributed by atoms with E-state index < -0.39 is 11.9 Å². The molecule has 0 unspecified atom stereocenters. The molecule has 0 saturated heterocycles. The second kappa shape index (κ2) is 8.39. The minimum absolute atomic E-state index is 0.0129. The van der Waals surface area contributed by atoms with Crippen molar-refractivity contribution < 1.29 is 9.59 Å². The van der Waals surface area contributed by atoms with Gasteiger partial charge < -0.3 is 11.1 Å². The molecule has 4 N–H and O–H groups in total. The zero-order chi connectivity index (χ0) is 19.4. The van der Waals surface area contributed by atoms with Gasteiger partial charge in [-0.2, -0.15) is 5.10 Å². The van der Waals surface area contributed by atoms with Crippen LogP contribution in [0.15, 0.2) is 36.0 Å². The van der Waals surface area contributed by atoms with E-state index in [2.05, 4.69) is 22.4 Å². The first-order valence-electron chi connectivity index (χ1n) is 9.02. The number of primary amides is 1. The van der Waals surface area contributed by atoms with Gasteiger partial charge in [0.1, 0.15) is 0 Å². The van der Waals surface area contributed by atoms with E-state index >= 15 is 0 Å². The fraction of sp³-hybridized carbons (Fsp3) is 0.350. The van der Waals surface area contributed by atoms with Crippen molar-refractivity contribution in [2.45, 2.75) is 45.1 Å². The third-order valence-electron chi connectivity index (χ3n) is 4.89. The summed E-state index contributed by atoms with van der Waals surface area (Å²) in [6, 6.07) is 6.49. The van der Waals surface area contributed by atoms with Crippen LogP contribution in [-0.2, 0) is 4.79 Å². The molecule has 1 aromatic heterocycles. The van der Waals surface area contributed by atoms with Crippen molar-refractivity contribution in [2.75, 3.05) is 0 Å². The van der Waals surface area contributed by atoms with Crippen LogP contribution < -0.4 is 11.1 Å². The minimum atomic E-state index is -0.558. The number of halogens is 1. The van der Waals surface area contributed by atoms with Crippen LogP contribution in [0, 0.1) is 0 Å². The van der Waals surface area contributed by atoms with E-state index in [0.29, 0.717) is 10.6 Å². The highest BCUT2D eigenvalue weighted by Gasteiger charge is 2.24. The van der Waals surface area contributed by atoms with Crippen LogP contribution in [0.4, 0.5) is 0 Å². The summed E-state index contributed by atoms with van der Waals surface area (Å²) in [4.78, 5) is 24.5. The van der Waals surface area contributed by atoms with Crippen LogP contribution in [0.5, 0.6) is 0 Å². The summed E-state index contributed by atoms with van der Waals surface area (Å²) in [5.74, 6) is -0.797. The Kier molecular flexibility index (Phi) is 5.96. The largest absolute Gasteiger partial charge is 0.370 e. The summed E-state index contributed by atoms with van der Waals surface area (Å²) >= 11 is 6.05. The van der Waals surface area contributed by atoms with E-state index in [1.54, 1.807) is 18.2 Å². The lowest BCUT2D eigenvalue weighted by Gasteiger charge is -2.20. The van der Waals surface area contributed by atoms with Gasteiger partial charge in [0.05, 0.1) is 29.9 Å². The Morgan fingerprint density at radius 3 is 2.81 bits per heavy atom. The molecule has 0 radical (unpaired) electrons. The van der Waals surface area contributed by atoms with Gasteiger partial charge in [-0.3, -0.25) is 14.7 Å². The second-order valence-corrected chi connectivity index (χ2v) is 7.31. The quantitative estimate of drug-likeness (QED) is 0.704. The number of aromatic amines is 1. The van der Waals surface area contributed by atoms with E-state index in [0.717, 1.165) is 36.1 Å². The molecule has 0 aliphatic heterocycles. The maximum atomic E-state index is 12.9. The zero-order valence-electron chi connectivity index (χ0n) is 15.2. The monoisotopic (exact) mass is 386 g/mol. The standard InChI is InChI=1S/C20H23ClN4O2/c1-12-5-2-3-8-15(12)19-16(11-23-25-19)20(27)24-17(10-18(22)26)13-6-4-7-14(21)9-13/h4,6-7,9,11,17H,2-3,5,8,10H2,1H3,(H2,22,26)(H,23,25)(H,24,27)/t17-/m0/s1. The molecule has 142 valence electrons. The Balaban J connectivity index is 1.87. The molecule has 2 aromatic rings. The molecule has 2 amide bonds. The predicted molar refractivity (Wildman–Crippen MR) is 105 cm³/mol. The van der Waals surface area contributed by atoms with Gasteiger partial charge in [-0.1, -0.05) is 29.3 Å². The number of carbonyl (C=O) groups is 2. The lowest BCUT2D eigenvalue weighted by atomic mass is 9.89. The third kappa shape index (κ3) is 4.57. The number of rotatable bonds is 6. The number of H-pyrrole nitrogens is 1. The Morgan fingerprint density at radius 1 is 1.33 bits per heavy atom. The number of aromatic nitrogens is 2. The number of allylic oxidation sites excluding steroid dienone is 2.